The number of nitrogens with zero attached hydrogens (tertiary/aromatic N) is 2. The minimum Gasteiger partial charge on any atom is -0.318 e. The predicted octanol–water partition coefficient (Wildman–Crippen LogP) is 1.63. The van der Waals surface area contributed by atoms with Gasteiger partial charge >= 0.3 is 0 Å². The lowest BCUT2D eigenvalue weighted by atomic mass is 10.2. The first kappa shape index (κ1) is 14.5. The van der Waals surface area contributed by atoms with Gasteiger partial charge < -0.3 is 10.2 Å². The first-order valence-corrected chi connectivity index (χ1v) is 7.34. The number of halogens is 1. The molecule has 0 spiro atoms. The van der Waals surface area contributed by atoms with E-state index in [4.69, 9.17) is 0 Å². The van der Waals surface area contributed by atoms with Crippen molar-refractivity contribution in [1.29, 1.82) is 0 Å². The van der Waals surface area contributed by atoms with Gasteiger partial charge in [-0.05, 0) is 47.6 Å². The number of hydrogen-bond donors (Lipinski definition) is 1. The normalized spacial score (nSPS) is 17.0. The Bertz CT molecular complexity index is 464. The molecule has 1 N–H and O–H groups in total. The highest BCUT2D eigenvalue weighted by molar-refractivity contribution is 9.10. The highest BCUT2D eigenvalue weighted by Gasteiger charge is 2.25. The molecular formula is C14H20BrN3O. The Kier molecular flexibility index (Phi) is 4.96. The molecule has 104 valence electrons. The smallest absolute Gasteiger partial charge is 0.241 e. The third-order valence-electron chi connectivity index (χ3n) is 3.37. The lowest BCUT2D eigenvalue weighted by molar-refractivity contribution is -0.121. The molecule has 0 aromatic heterocycles. The summed E-state index contributed by atoms with van der Waals surface area (Å²) in [7, 11) is 1.93. The standard InChI is InChI=1S/C14H20BrN3O/c1-11-3-4-13(12(15)9-11)18-8-7-17(6-5-16-2)10-14(18)19/h3-4,9,16H,5-8,10H2,1-2H3. The van der Waals surface area contributed by atoms with Crippen molar-refractivity contribution in [2.24, 2.45) is 0 Å². The second-order valence-corrected chi connectivity index (χ2v) is 5.73. The van der Waals surface area contributed by atoms with E-state index in [0.717, 1.165) is 36.3 Å². The quantitative estimate of drug-likeness (QED) is 0.913. The van der Waals surface area contributed by atoms with E-state index in [1.165, 1.54) is 5.56 Å². The Morgan fingerprint density at radius 1 is 1.37 bits per heavy atom. The SMILES string of the molecule is CNCCN1CCN(c2ccc(C)cc2Br)C(=O)C1. The van der Waals surface area contributed by atoms with Crippen molar-refractivity contribution >= 4 is 27.5 Å². The topological polar surface area (TPSA) is 35.6 Å². The third-order valence-corrected chi connectivity index (χ3v) is 4.01. The van der Waals surface area contributed by atoms with Crippen LogP contribution in [0.5, 0.6) is 0 Å². The van der Waals surface area contributed by atoms with Crippen LogP contribution in [-0.4, -0.2) is 50.6 Å². The van der Waals surface area contributed by atoms with E-state index in [-0.39, 0.29) is 5.91 Å². The number of likely N-dealkylation sites (N-methyl/N-ethyl adjacent to an activating group) is 1. The van der Waals surface area contributed by atoms with Crippen LogP contribution in [0.1, 0.15) is 5.56 Å². The van der Waals surface area contributed by atoms with E-state index in [1.54, 1.807) is 0 Å². The van der Waals surface area contributed by atoms with Crippen molar-refractivity contribution < 1.29 is 4.79 Å². The number of carbonyl (C=O) groups is 1. The Morgan fingerprint density at radius 3 is 2.79 bits per heavy atom. The predicted molar refractivity (Wildman–Crippen MR) is 81.6 cm³/mol. The van der Waals surface area contributed by atoms with E-state index in [9.17, 15) is 4.79 Å². The molecule has 0 aliphatic carbocycles. The summed E-state index contributed by atoms with van der Waals surface area (Å²) in [6.45, 7) is 6.07. The number of nitrogens with one attached hydrogen (secondary N) is 1. The average molecular weight is 326 g/mol. The number of piperazine rings is 1. The van der Waals surface area contributed by atoms with Crippen LogP contribution in [-0.2, 0) is 4.79 Å². The summed E-state index contributed by atoms with van der Waals surface area (Å²) < 4.78 is 0.990. The Hall–Kier alpha value is -0.910. The zero-order chi connectivity index (χ0) is 13.8. The zero-order valence-corrected chi connectivity index (χ0v) is 13.0. The maximum absolute atomic E-state index is 12.2. The van der Waals surface area contributed by atoms with Crippen LogP contribution < -0.4 is 10.2 Å². The number of benzene rings is 1. The van der Waals surface area contributed by atoms with Crippen LogP contribution in [0.4, 0.5) is 5.69 Å². The highest BCUT2D eigenvalue weighted by atomic mass is 79.9. The van der Waals surface area contributed by atoms with Gasteiger partial charge in [0.25, 0.3) is 0 Å². The molecule has 1 saturated heterocycles. The van der Waals surface area contributed by atoms with E-state index in [2.05, 4.69) is 32.2 Å². The fourth-order valence-corrected chi connectivity index (χ4v) is 2.98. The second kappa shape index (κ2) is 6.50. The molecule has 0 radical (unpaired) electrons. The summed E-state index contributed by atoms with van der Waals surface area (Å²) in [5.41, 5.74) is 2.17. The first-order valence-electron chi connectivity index (χ1n) is 6.55. The molecule has 1 fully saturated rings. The van der Waals surface area contributed by atoms with E-state index >= 15 is 0 Å². The van der Waals surface area contributed by atoms with Crippen LogP contribution in [0, 0.1) is 6.92 Å². The molecule has 0 saturated carbocycles. The minimum absolute atomic E-state index is 0.173. The average Bonchev–Trinajstić information content (AvgIpc) is 2.37. The lowest BCUT2D eigenvalue weighted by Gasteiger charge is -2.34. The number of anilines is 1. The molecule has 19 heavy (non-hydrogen) atoms. The number of aryl methyl sites for hydroxylation is 1. The lowest BCUT2D eigenvalue weighted by Crippen LogP contribution is -2.51. The van der Waals surface area contributed by atoms with Crippen molar-refractivity contribution in [3.05, 3.63) is 28.2 Å². The molecule has 5 heteroatoms. The van der Waals surface area contributed by atoms with Gasteiger partial charge in [-0.15, -0.1) is 0 Å². The summed E-state index contributed by atoms with van der Waals surface area (Å²) >= 11 is 3.55. The third kappa shape index (κ3) is 3.55. The van der Waals surface area contributed by atoms with Gasteiger partial charge in [0.1, 0.15) is 0 Å². The highest BCUT2D eigenvalue weighted by Crippen LogP contribution is 2.28. The van der Waals surface area contributed by atoms with Gasteiger partial charge in [-0.2, -0.15) is 0 Å². The van der Waals surface area contributed by atoms with Crippen LogP contribution in [0.2, 0.25) is 0 Å². The monoisotopic (exact) mass is 325 g/mol. The molecule has 1 aliphatic rings. The molecule has 0 unspecified atom stereocenters. The van der Waals surface area contributed by atoms with Crippen LogP contribution in [0.3, 0.4) is 0 Å². The fourth-order valence-electron chi connectivity index (χ4n) is 2.27. The van der Waals surface area contributed by atoms with Crippen molar-refractivity contribution in [2.75, 3.05) is 44.7 Å². The maximum atomic E-state index is 12.2. The maximum Gasteiger partial charge on any atom is 0.241 e. The molecule has 1 heterocycles. The molecule has 1 amide bonds. The largest absolute Gasteiger partial charge is 0.318 e. The van der Waals surface area contributed by atoms with Gasteiger partial charge in [-0.3, -0.25) is 9.69 Å². The van der Waals surface area contributed by atoms with Crippen LogP contribution in [0.25, 0.3) is 0 Å². The molecular weight excluding hydrogens is 306 g/mol. The van der Waals surface area contributed by atoms with Crippen molar-refractivity contribution in [3.63, 3.8) is 0 Å². The van der Waals surface area contributed by atoms with Crippen LogP contribution >= 0.6 is 15.9 Å². The summed E-state index contributed by atoms with van der Waals surface area (Å²) in [4.78, 5) is 16.3. The first-order chi connectivity index (χ1) is 9.11. The summed E-state index contributed by atoms with van der Waals surface area (Å²) in [5, 5.41) is 3.11. The second-order valence-electron chi connectivity index (χ2n) is 4.88. The summed E-state index contributed by atoms with van der Waals surface area (Å²) in [6.07, 6.45) is 0. The Morgan fingerprint density at radius 2 is 2.16 bits per heavy atom. The van der Waals surface area contributed by atoms with Crippen molar-refractivity contribution in [2.45, 2.75) is 6.92 Å². The zero-order valence-electron chi connectivity index (χ0n) is 11.4. The van der Waals surface area contributed by atoms with E-state index in [1.807, 2.05) is 31.0 Å². The van der Waals surface area contributed by atoms with Gasteiger partial charge in [0.15, 0.2) is 0 Å². The van der Waals surface area contributed by atoms with Gasteiger partial charge in [0.05, 0.1) is 12.2 Å². The van der Waals surface area contributed by atoms with Crippen LogP contribution in [0.15, 0.2) is 22.7 Å². The molecule has 1 aromatic rings. The molecule has 4 nitrogen and oxygen atoms in total. The molecule has 2 rings (SSSR count). The van der Waals surface area contributed by atoms with Crippen molar-refractivity contribution in [1.82, 2.24) is 10.2 Å². The molecule has 0 bridgehead atoms. The fraction of sp³-hybridized carbons (Fsp3) is 0.500. The Labute approximate surface area is 122 Å². The van der Waals surface area contributed by atoms with Crippen molar-refractivity contribution in [3.8, 4) is 0 Å². The summed E-state index contributed by atoms with van der Waals surface area (Å²) in [5.74, 6) is 0.173. The summed E-state index contributed by atoms with van der Waals surface area (Å²) in [6, 6.07) is 6.11. The van der Waals surface area contributed by atoms with E-state index < -0.39 is 0 Å². The van der Waals surface area contributed by atoms with Gasteiger partial charge in [0.2, 0.25) is 5.91 Å². The molecule has 1 aliphatic heterocycles. The van der Waals surface area contributed by atoms with Gasteiger partial charge in [-0.1, -0.05) is 6.07 Å². The van der Waals surface area contributed by atoms with Gasteiger partial charge in [0, 0.05) is 30.7 Å². The number of rotatable bonds is 4. The Balaban J connectivity index is 2.05. The number of carbonyl (C=O) groups excluding carboxylic acids is 1. The number of hydrogen-bond acceptors (Lipinski definition) is 3. The number of amides is 1. The van der Waals surface area contributed by atoms with Gasteiger partial charge in [-0.25, -0.2) is 0 Å². The molecule has 0 atom stereocenters. The minimum atomic E-state index is 0.173. The molecule has 1 aromatic carbocycles. The van der Waals surface area contributed by atoms with E-state index in [0.29, 0.717) is 6.54 Å².